The van der Waals surface area contributed by atoms with Crippen molar-refractivity contribution in [3.8, 4) is 28.2 Å². The van der Waals surface area contributed by atoms with E-state index in [-0.39, 0.29) is 5.88 Å². The van der Waals surface area contributed by atoms with Gasteiger partial charge in [0.05, 0.1) is 24.1 Å². The summed E-state index contributed by atoms with van der Waals surface area (Å²) in [6, 6.07) is 17.8. The number of halogens is 1. The van der Waals surface area contributed by atoms with E-state index in [9.17, 15) is 0 Å². The molecule has 2 aromatic heterocycles. The second kappa shape index (κ2) is 6.57. The van der Waals surface area contributed by atoms with E-state index in [2.05, 4.69) is 9.97 Å². The van der Waals surface area contributed by atoms with Crippen LogP contribution < -0.4 is 4.74 Å². The smallest absolute Gasteiger partial charge is 0.230 e. The highest BCUT2D eigenvalue weighted by atomic mass is 35.5. The van der Waals surface area contributed by atoms with Crippen LogP contribution in [0, 0.1) is 0 Å². The Balaban J connectivity index is 2.04. The summed E-state index contributed by atoms with van der Waals surface area (Å²) in [6.07, 6.45) is 1.48. The maximum atomic E-state index is 6.12. The van der Waals surface area contributed by atoms with Crippen molar-refractivity contribution in [2.24, 2.45) is 0 Å². The van der Waals surface area contributed by atoms with Gasteiger partial charge >= 0.3 is 0 Å². The van der Waals surface area contributed by atoms with Gasteiger partial charge in [0.25, 0.3) is 0 Å². The van der Waals surface area contributed by atoms with Gasteiger partial charge in [-0.05, 0) is 17.7 Å². The number of aromatic nitrogens is 2. The van der Waals surface area contributed by atoms with Crippen LogP contribution in [-0.2, 0) is 5.88 Å². The zero-order chi connectivity index (χ0) is 17.2. The summed E-state index contributed by atoms with van der Waals surface area (Å²) in [7, 11) is 1.65. The van der Waals surface area contributed by atoms with Crippen LogP contribution in [-0.4, -0.2) is 17.1 Å². The highest BCUT2D eigenvalue weighted by molar-refractivity contribution is 6.18. The van der Waals surface area contributed by atoms with Gasteiger partial charge in [0.2, 0.25) is 5.71 Å². The average molecular weight is 351 g/mol. The number of rotatable bonds is 4. The summed E-state index contributed by atoms with van der Waals surface area (Å²) >= 11 is 6.12. The fourth-order valence-corrected chi connectivity index (χ4v) is 3.12. The second-order valence-electron chi connectivity index (χ2n) is 5.53. The van der Waals surface area contributed by atoms with Crippen LogP contribution in [0.1, 0.15) is 5.69 Å². The molecule has 0 fully saturated rings. The lowest BCUT2D eigenvalue weighted by Gasteiger charge is -2.06. The number of hydrogen-bond donors (Lipinski definition) is 0. The van der Waals surface area contributed by atoms with Crippen LogP contribution >= 0.6 is 11.6 Å². The maximum absolute atomic E-state index is 6.12. The first-order chi connectivity index (χ1) is 12.3. The fraction of sp³-hybridized carbons (Fsp3) is 0.100. The predicted molar refractivity (Wildman–Crippen MR) is 98.8 cm³/mol. The van der Waals surface area contributed by atoms with E-state index in [1.165, 1.54) is 6.33 Å². The monoisotopic (exact) mass is 350 g/mol. The van der Waals surface area contributed by atoms with Crippen molar-refractivity contribution in [1.82, 2.24) is 9.97 Å². The van der Waals surface area contributed by atoms with Crippen molar-refractivity contribution < 1.29 is 9.15 Å². The Bertz CT molecular complexity index is 1010. The lowest BCUT2D eigenvalue weighted by atomic mass is 9.98. The Morgan fingerprint density at radius 3 is 2.40 bits per heavy atom. The standard InChI is InChI=1S/C20H15ClN2O2/c1-24-15-9-7-13(8-10-15)17-18-16(11-21)22-12-23-20(18)25-19(17)14-5-3-2-4-6-14/h2-10,12H,11H2,1H3. The molecule has 124 valence electrons. The summed E-state index contributed by atoms with van der Waals surface area (Å²) < 4.78 is 11.4. The number of ether oxygens (including phenoxy) is 1. The molecule has 0 aliphatic heterocycles. The van der Waals surface area contributed by atoms with Crippen LogP contribution in [0.15, 0.2) is 65.3 Å². The number of alkyl halides is 1. The molecule has 0 amide bonds. The van der Waals surface area contributed by atoms with Crippen LogP contribution in [0.5, 0.6) is 5.75 Å². The quantitative estimate of drug-likeness (QED) is 0.468. The molecule has 4 nitrogen and oxygen atoms in total. The fourth-order valence-electron chi connectivity index (χ4n) is 2.92. The Hall–Kier alpha value is -2.85. The number of benzene rings is 2. The van der Waals surface area contributed by atoms with Crippen molar-refractivity contribution in [2.75, 3.05) is 7.11 Å². The third kappa shape index (κ3) is 2.75. The topological polar surface area (TPSA) is 48.2 Å². The summed E-state index contributed by atoms with van der Waals surface area (Å²) in [5.74, 6) is 1.84. The highest BCUT2D eigenvalue weighted by Crippen LogP contribution is 2.41. The van der Waals surface area contributed by atoms with Gasteiger partial charge in [-0.1, -0.05) is 42.5 Å². The van der Waals surface area contributed by atoms with Gasteiger partial charge in [-0.2, -0.15) is 0 Å². The number of fused-ring (bicyclic) bond motifs is 1. The molecule has 25 heavy (non-hydrogen) atoms. The van der Waals surface area contributed by atoms with Gasteiger partial charge in [-0.15, -0.1) is 11.6 Å². The molecular formula is C20H15ClN2O2. The molecule has 0 bridgehead atoms. The van der Waals surface area contributed by atoms with Crippen LogP contribution in [0.3, 0.4) is 0 Å². The van der Waals surface area contributed by atoms with Gasteiger partial charge in [-0.3, -0.25) is 0 Å². The van der Waals surface area contributed by atoms with E-state index in [4.69, 9.17) is 20.8 Å². The molecule has 0 atom stereocenters. The van der Waals surface area contributed by atoms with Crippen LogP contribution in [0.4, 0.5) is 0 Å². The first-order valence-corrected chi connectivity index (χ1v) is 8.37. The van der Waals surface area contributed by atoms with Gasteiger partial charge in [0, 0.05) is 11.1 Å². The summed E-state index contributed by atoms with van der Waals surface area (Å²) in [5.41, 5.74) is 4.21. The van der Waals surface area contributed by atoms with Crippen molar-refractivity contribution in [1.29, 1.82) is 0 Å². The molecule has 0 spiro atoms. The van der Waals surface area contributed by atoms with E-state index in [1.54, 1.807) is 7.11 Å². The summed E-state index contributed by atoms with van der Waals surface area (Å²) in [5, 5.41) is 0.849. The minimum atomic E-state index is 0.288. The molecule has 0 unspecified atom stereocenters. The summed E-state index contributed by atoms with van der Waals surface area (Å²) in [6.45, 7) is 0. The first-order valence-electron chi connectivity index (χ1n) is 7.84. The largest absolute Gasteiger partial charge is 0.497 e. The molecule has 5 heteroatoms. The summed E-state index contributed by atoms with van der Waals surface area (Å²) in [4.78, 5) is 8.62. The number of hydrogen-bond acceptors (Lipinski definition) is 4. The van der Waals surface area contributed by atoms with Crippen molar-refractivity contribution in [3.05, 3.63) is 66.6 Å². The van der Waals surface area contributed by atoms with Crippen molar-refractivity contribution in [3.63, 3.8) is 0 Å². The van der Waals surface area contributed by atoms with Gasteiger partial charge in [0.15, 0.2) is 0 Å². The number of methoxy groups -OCH3 is 1. The molecule has 0 N–H and O–H groups in total. The minimum absolute atomic E-state index is 0.288. The third-order valence-corrected chi connectivity index (χ3v) is 4.36. The van der Waals surface area contributed by atoms with Crippen molar-refractivity contribution >= 4 is 22.7 Å². The van der Waals surface area contributed by atoms with E-state index in [0.717, 1.165) is 39.3 Å². The van der Waals surface area contributed by atoms with E-state index in [1.807, 2.05) is 54.6 Å². The minimum Gasteiger partial charge on any atom is -0.497 e. The molecule has 4 aromatic rings. The first kappa shape index (κ1) is 15.7. The van der Waals surface area contributed by atoms with E-state index < -0.39 is 0 Å². The predicted octanol–water partition coefficient (Wildman–Crippen LogP) is 5.30. The Labute approximate surface area is 150 Å². The Kier molecular flexibility index (Phi) is 4.12. The van der Waals surface area contributed by atoms with Gasteiger partial charge < -0.3 is 9.15 Å². The maximum Gasteiger partial charge on any atom is 0.230 e. The highest BCUT2D eigenvalue weighted by Gasteiger charge is 2.21. The lowest BCUT2D eigenvalue weighted by Crippen LogP contribution is -1.90. The molecule has 0 saturated heterocycles. The van der Waals surface area contributed by atoms with Crippen molar-refractivity contribution in [2.45, 2.75) is 5.88 Å². The molecule has 4 rings (SSSR count). The Morgan fingerprint density at radius 1 is 0.960 bits per heavy atom. The normalized spacial score (nSPS) is 11.0. The molecule has 0 saturated carbocycles. The average Bonchev–Trinajstić information content (AvgIpc) is 3.08. The molecule has 0 aliphatic rings. The van der Waals surface area contributed by atoms with Crippen LogP contribution in [0.25, 0.3) is 33.6 Å². The van der Waals surface area contributed by atoms with Gasteiger partial charge in [0.1, 0.15) is 17.8 Å². The zero-order valence-corrected chi connectivity index (χ0v) is 14.3. The SMILES string of the molecule is COc1ccc(-c2c(-c3ccccc3)oc3ncnc(CCl)c23)cc1. The molecule has 0 radical (unpaired) electrons. The number of furan rings is 1. The molecule has 2 heterocycles. The van der Waals surface area contributed by atoms with Crippen LogP contribution in [0.2, 0.25) is 0 Å². The lowest BCUT2D eigenvalue weighted by molar-refractivity contribution is 0.415. The molecular weight excluding hydrogens is 336 g/mol. The van der Waals surface area contributed by atoms with E-state index >= 15 is 0 Å². The molecule has 0 aliphatic carbocycles. The Morgan fingerprint density at radius 2 is 1.72 bits per heavy atom. The van der Waals surface area contributed by atoms with E-state index in [0.29, 0.717) is 5.71 Å². The second-order valence-corrected chi connectivity index (χ2v) is 5.80. The van der Waals surface area contributed by atoms with Gasteiger partial charge in [-0.25, -0.2) is 9.97 Å². The zero-order valence-electron chi connectivity index (χ0n) is 13.6. The third-order valence-electron chi connectivity index (χ3n) is 4.11. The number of nitrogens with zero attached hydrogens (tertiary/aromatic N) is 2. The molecule has 2 aromatic carbocycles.